The zero-order valence-electron chi connectivity index (χ0n) is 21.5. The van der Waals surface area contributed by atoms with Crippen molar-refractivity contribution in [1.82, 2.24) is 10.2 Å². The molecule has 0 bridgehead atoms. The molecule has 1 saturated heterocycles. The van der Waals surface area contributed by atoms with E-state index in [9.17, 15) is 14.4 Å². The second-order valence-electron chi connectivity index (χ2n) is 9.58. The van der Waals surface area contributed by atoms with Gasteiger partial charge in [-0.25, -0.2) is 0 Å². The average molecular weight is 467 g/mol. The first kappa shape index (κ1) is 29.4. The predicted molar refractivity (Wildman–Crippen MR) is 134 cm³/mol. The van der Waals surface area contributed by atoms with Gasteiger partial charge in [-0.1, -0.05) is 90.9 Å². The number of nitrogens with one attached hydrogen (secondary N) is 1. The van der Waals surface area contributed by atoms with Gasteiger partial charge in [-0.05, 0) is 12.8 Å². The van der Waals surface area contributed by atoms with Crippen molar-refractivity contribution in [3.8, 4) is 0 Å². The van der Waals surface area contributed by atoms with Crippen molar-refractivity contribution in [3.63, 3.8) is 0 Å². The Morgan fingerprint density at radius 2 is 1.33 bits per heavy atom. The predicted octanol–water partition coefficient (Wildman–Crippen LogP) is 5.92. The molecule has 6 nitrogen and oxygen atoms in total. The fraction of sp³-hybridized carbons (Fsp3) is 0.889. The van der Waals surface area contributed by atoms with Crippen LogP contribution in [0.4, 0.5) is 0 Å². The van der Waals surface area contributed by atoms with Crippen molar-refractivity contribution >= 4 is 17.8 Å². The Morgan fingerprint density at radius 1 is 0.758 bits per heavy atom. The van der Waals surface area contributed by atoms with Gasteiger partial charge in [0.1, 0.15) is 6.10 Å². The minimum absolute atomic E-state index is 0.0988. The lowest BCUT2D eigenvalue weighted by atomic mass is 10.1. The normalized spacial score (nSPS) is 15.6. The number of hydrogen-bond acceptors (Lipinski definition) is 4. The number of rotatable bonds is 20. The summed E-state index contributed by atoms with van der Waals surface area (Å²) in [5.74, 6) is -0.266. The molecule has 0 aliphatic carbocycles. The van der Waals surface area contributed by atoms with Crippen molar-refractivity contribution in [3.05, 3.63) is 0 Å². The Labute approximate surface area is 202 Å². The Bertz CT molecular complexity index is 538. The highest BCUT2D eigenvalue weighted by molar-refractivity contribution is 5.81. The minimum Gasteiger partial charge on any atom is -0.460 e. The van der Waals surface area contributed by atoms with E-state index < -0.39 is 0 Å². The van der Waals surface area contributed by atoms with Crippen LogP contribution in [0.25, 0.3) is 0 Å². The summed E-state index contributed by atoms with van der Waals surface area (Å²) in [5.41, 5.74) is 0. The fourth-order valence-electron chi connectivity index (χ4n) is 4.30. The molecule has 1 aliphatic rings. The monoisotopic (exact) mass is 466 g/mol. The lowest BCUT2D eigenvalue weighted by Crippen LogP contribution is -2.31. The maximum Gasteiger partial charge on any atom is 0.306 e. The topological polar surface area (TPSA) is 75.7 Å². The van der Waals surface area contributed by atoms with E-state index >= 15 is 0 Å². The van der Waals surface area contributed by atoms with Crippen molar-refractivity contribution in [2.75, 3.05) is 19.6 Å². The van der Waals surface area contributed by atoms with Crippen LogP contribution in [0.2, 0.25) is 0 Å². The number of carbonyl (C=O) groups is 3. The van der Waals surface area contributed by atoms with Crippen molar-refractivity contribution < 1.29 is 19.1 Å². The molecule has 2 amide bonds. The molecule has 1 fully saturated rings. The van der Waals surface area contributed by atoms with Gasteiger partial charge in [-0.3, -0.25) is 14.4 Å². The molecule has 0 aromatic heterocycles. The Morgan fingerprint density at radius 3 is 1.97 bits per heavy atom. The summed E-state index contributed by atoms with van der Waals surface area (Å²) in [7, 11) is 0. The van der Waals surface area contributed by atoms with Crippen LogP contribution < -0.4 is 5.32 Å². The highest BCUT2D eigenvalue weighted by Crippen LogP contribution is 2.17. The van der Waals surface area contributed by atoms with Crippen LogP contribution in [0.15, 0.2) is 0 Å². The highest BCUT2D eigenvalue weighted by Gasteiger charge is 2.28. The Hall–Kier alpha value is -1.59. The van der Waals surface area contributed by atoms with Gasteiger partial charge in [-0.15, -0.1) is 0 Å². The maximum atomic E-state index is 12.4. The molecular weight excluding hydrogens is 416 g/mol. The van der Waals surface area contributed by atoms with Crippen molar-refractivity contribution in [2.45, 2.75) is 136 Å². The number of likely N-dealkylation sites (tertiary alicyclic amines) is 1. The van der Waals surface area contributed by atoms with Crippen LogP contribution in [-0.4, -0.2) is 48.4 Å². The highest BCUT2D eigenvalue weighted by atomic mass is 16.5. The molecule has 0 aromatic rings. The Kier molecular flexibility index (Phi) is 17.7. The molecule has 1 heterocycles. The van der Waals surface area contributed by atoms with Crippen LogP contribution in [-0.2, 0) is 19.1 Å². The van der Waals surface area contributed by atoms with Crippen LogP contribution in [0, 0.1) is 0 Å². The SMILES string of the molecule is CCCCCCCCCCCCCC(=O)N1CCC(OC(=O)CCC(=O)NCCCCC)C1. The molecule has 192 valence electrons. The van der Waals surface area contributed by atoms with E-state index in [4.69, 9.17) is 4.74 Å². The number of hydrogen-bond donors (Lipinski definition) is 1. The number of amides is 2. The first-order valence-electron chi connectivity index (χ1n) is 13.8. The smallest absolute Gasteiger partial charge is 0.306 e. The molecule has 1 unspecified atom stereocenters. The van der Waals surface area contributed by atoms with E-state index in [1.807, 2.05) is 4.90 Å². The summed E-state index contributed by atoms with van der Waals surface area (Å²) < 4.78 is 5.48. The second kappa shape index (κ2) is 19.8. The number of esters is 1. The molecule has 6 heteroatoms. The number of nitrogens with zero attached hydrogens (tertiary/aromatic N) is 1. The third-order valence-electron chi connectivity index (χ3n) is 6.45. The zero-order chi connectivity index (χ0) is 24.2. The van der Waals surface area contributed by atoms with Gasteiger partial charge in [0.2, 0.25) is 11.8 Å². The summed E-state index contributed by atoms with van der Waals surface area (Å²) in [5, 5.41) is 2.84. The lowest BCUT2D eigenvalue weighted by molar-refractivity contribution is -0.150. The molecule has 1 aliphatic heterocycles. The van der Waals surface area contributed by atoms with E-state index in [0.717, 1.165) is 32.1 Å². The first-order chi connectivity index (χ1) is 16.1. The summed E-state index contributed by atoms with van der Waals surface area (Å²) in [6, 6.07) is 0. The summed E-state index contributed by atoms with van der Waals surface area (Å²) in [6.07, 6.45) is 18.5. The third-order valence-corrected chi connectivity index (χ3v) is 6.45. The minimum atomic E-state index is -0.344. The van der Waals surface area contributed by atoms with Crippen LogP contribution in [0.3, 0.4) is 0 Å². The number of ether oxygens (including phenoxy) is 1. The van der Waals surface area contributed by atoms with Gasteiger partial charge in [0.25, 0.3) is 0 Å². The summed E-state index contributed by atoms with van der Waals surface area (Å²) >= 11 is 0. The molecular formula is C27H50N2O4. The van der Waals surface area contributed by atoms with E-state index in [1.165, 1.54) is 57.8 Å². The van der Waals surface area contributed by atoms with Gasteiger partial charge in [0.15, 0.2) is 0 Å². The van der Waals surface area contributed by atoms with Gasteiger partial charge >= 0.3 is 5.97 Å². The van der Waals surface area contributed by atoms with Gasteiger partial charge in [-0.2, -0.15) is 0 Å². The van der Waals surface area contributed by atoms with E-state index in [2.05, 4.69) is 19.2 Å². The second-order valence-corrected chi connectivity index (χ2v) is 9.58. The van der Waals surface area contributed by atoms with Crippen molar-refractivity contribution in [2.24, 2.45) is 0 Å². The van der Waals surface area contributed by atoms with E-state index in [1.54, 1.807) is 0 Å². The largest absolute Gasteiger partial charge is 0.460 e. The first-order valence-corrected chi connectivity index (χ1v) is 13.8. The average Bonchev–Trinajstić information content (AvgIpc) is 3.27. The van der Waals surface area contributed by atoms with Crippen LogP contribution >= 0.6 is 0 Å². The zero-order valence-corrected chi connectivity index (χ0v) is 21.5. The number of carbonyl (C=O) groups excluding carboxylic acids is 3. The molecule has 0 saturated carbocycles. The number of unbranched alkanes of at least 4 members (excludes halogenated alkanes) is 12. The molecule has 33 heavy (non-hydrogen) atoms. The van der Waals surface area contributed by atoms with Gasteiger partial charge in [0, 0.05) is 32.4 Å². The lowest BCUT2D eigenvalue weighted by Gasteiger charge is -2.16. The van der Waals surface area contributed by atoms with E-state index in [-0.39, 0.29) is 36.7 Å². The molecule has 1 atom stereocenters. The van der Waals surface area contributed by atoms with E-state index in [0.29, 0.717) is 32.5 Å². The quantitative estimate of drug-likeness (QED) is 0.178. The maximum absolute atomic E-state index is 12.4. The van der Waals surface area contributed by atoms with Gasteiger partial charge < -0.3 is 15.0 Å². The Balaban J connectivity index is 2.01. The van der Waals surface area contributed by atoms with Crippen molar-refractivity contribution in [1.29, 1.82) is 0 Å². The molecule has 0 spiro atoms. The summed E-state index contributed by atoms with van der Waals surface area (Å²) in [6.45, 7) is 6.19. The summed E-state index contributed by atoms with van der Waals surface area (Å²) in [4.78, 5) is 38.1. The van der Waals surface area contributed by atoms with Gasteiger partial charge in [0.05, 0.1) is 13.0 Å². The molecule has 0 aromatic carbocycles. The molecule has 1 N–H and O–H groups in total. The fourth-order valence-corrected chi connectivity index (χ4v) is 4.30. The molecule has 1 rings (SSSR count). The van der Waals surface area contributed by atoms with Crippen LogP contribution in [0.5, 0.6) is 0 Å². The van der Waals surface area contributed by atoms with Crippen LogP contribution in [0.1, 0.15) is 129 Å². The third kappa shape index (κ3) is 15.8. The molecule has 0 radical (unpaired) electrons. The standard InChI is InChI=1S/C27H50N2O4/c1-3-5-7-8-9-10-11-12-13-14-15-17-26(31)29-22-20-24(23-29)33-27(32)19-18-25(30)28-21-16-6-4-2/h24H,3-23H2,1-2H3,(H,28,30).